The van der Waals surface area contributed by atoms with E-state index in [0.717, 1.165) is 0 Å². The first-order chi connectivity index (χ1) is 42.0. The van der Waals surface area contributed by atoms with Crippen molar-refractivity contribution in [1.82, 2.24) is 62.7 Å². The number of amides is 10. The minimum atomic E-state index is -1.84. The normalized spacial score (nSPS) is 16.6. The first kappa shape index (κ1) is 76.7. The average molecular weight is 1250 g/mol. The lowest BCUT2D eigenvalue weighted by atomic mass is 10.0. The quantitative estimate of drug-likeness (QED) is 0.0125. The Kier molecular flexibility index (Phi) is 37.0. The van der Waals surface area contributed by atoms with E-state index in [-0.39, 0.29) is 95.6 Å². The van der Waals surface area contributed by atoms with Gasteiger partial charge in [-0.2, -0.15) is 0 Å². The zero-order valence-electron chi connectivity index (χ0n) is 50.6. The average Bonchev–Trinajstić information content (AvgIpc) is 3.65. The first-order valence-electron chi connectivity index (χ1n) is 30.0. The summed E-state index contributed by atoms with van der Waals surface area (Å²) in [6, 6.07) is -11.0. The van der Waals surface area contributed by atoms with Crippen LogP contribution in [-0.2, 0) is 54.4 Å². The number of imidazole rings is 1. The lowest BCUT2D eigenvalue weighted by Crippen LogP contribution is -2.63. The molecule has 0 aliphatic carbocycles. The van der Waals surface area contributed by atoms with Gasteiger partial charge in [-0.05, 0) is 103 Å². The molecule has 1 fully saturated rings. The maximum absolute atomic E-state index is 14.4. The zero-order chi connectivity index (χ0) is 65.7. The van der Waals surface area contributed by atoms with Gasteiger partial charge < -0.3 is 119 Å². The topological polar surface area (TPSA) is 592 Å². The third-order valence-corrected chi connectivity index (χ3v) is 14.2. The third-order valence-electron chi connectivity index (χ3n) is 14.2. The second-order valence-electron chi connectivity index (χ2n) is 21.3. The fraction of sp³-hybridized carbons (Fsp3) is 0.704. The van der Waals surface area contributed by atoms with Crippen molar-refractivity contribution in [3.05, 3.63) is 30.0 Å². The zero-order valence-corrected chi connectivity index (χ0v) is 50.6. The molecule has 1 aliphatic heterocycles. The van der Waals surface area contributed by atoms with E-state index in [1.165, 1.54) is 23.5 Å². The number of aliphatic imine (C=N–C) groups is 1. The Hall–Kier alpha value is -7.44. The second kappa shape index (κ2) is 42.4. The molecule has 0 radical (unpaired) electrons. The van der Waals surface area contributed by atoms with Gasteiger partial charge in [-0.15, -0.1) is 0 Å². The maximum Gasteiger partial charge on any atom is 0.268 e. The Labute approximate surface area is 512 Å². The van der Waals surface area contributed by atoms with Crippen molar-refractivity contribution >= 4 is 65.0 Å². The van der Waals surface area contributed by atoms with Crippen LogP contribution in [0.2, 0.25) is 0 Å². The van der Waals surface area contributed by atoms with E-state index in [1.807, 2.05) is 0 Å². The number of aromatic nitrogens is 2. The summed E-state index contributed by atoms with van der Waals surface area (Å²) in [5.74, 6) is -8.73. The number of carbonyl (C=O) groups is 10. The summed E-state index contributed by atoms with van der Waals surface area (Å²) in [7, 11) is 0. The standard InChI is InChI=1S/C54H99N21O13/c1-3-12-34(47(82)70-35(15-10-23-65-54(61)62)48(83)71-36(18-17-32(76)4-2)46(81)64-22-8-7-20-56)69-49(84)38(25-31-28-63-30-67-31)72-50(85)39-16-11-24-75(39)53(88)37(14-9-21-57)68-42(79)29-66-51(86)43(40(77)26-58)74-52(87)44(41(78)27-59)73-45(80)33(60)13-5-6-19-55/h15,28,30,32-34,36-41,43-44,76-78H,3-14,16-27,29,55-60H2,1-2H3,(H,63,67)(H,64,81)(H,66,86)(H,68,79)(H,69,84)(H,70,82)(H,71,83)(H,72,85)(H,73,80)(H,74,87)(H4,61,62,65). The van der Waals surface area contributed by atoms with E-state index in [2.05, 4.69) is 62.8 Å². The third kappa shape index (κ3) is 27.7. The molecule has 11 atom stereocenters. The number of guanidine groups is 1. The van der Waals surface area contributed by atoms with Crippen LogP contribution in [0.1, 0.15) is 116 Å². The number of aromatic amines is 1. The molecular formula is C54H99N21O13. The minimum Gasteiger partial charge on any atom is -0.393 e. The Morgan fingerprint density at radius 2 is 1.34 bits per heavy atom. The van der Waals surface area contributed by atoms with E-state index in [1.54, 1.807) is 13.8 Å². The highest BCUT2D eigenvalue weighted by atomic mass is 16.3. The lowest BCUT2D eigenvalue weighted by Gasteiger charge is -2.30. The van der Waals surface area contributed by atoms with Crippen LogP contribution in [0.3, 0.4) is 0 Å². The molecule has 0 bridgehead atoms. The van der Waals surface area contributed by atoms with Crippen LogP contribution >= 0.6 is 0 Å². The number of carbonyl (C=O) groups excluding carboxylic acids is 10. The monoisotopic (exact) mass is 1250 g/mol. The molecule has 10 amide bonds. The predicted octanol–water partition coefficient (Wildman–Crippen LogP) is -8.33. The number of hydrogen-bond acceptors (Lipinski definition) is 21. The van der Waals surface area contributed by atoms with Gasteiger partial charge in [-0.3, -0.25) is 52.9 Å². The van der Waals surface area contributed by atoms with Gasteiger partial charge in [0, 0.05) is 51.0 Å². The van der Waals surface area contributed by atoms with Gasteiger partial charge in [0.1, 0.15) is 48.0 Å². The Balaban J connectivity index is 2.35. The van der Waals surface area contributed by atoms with Crippen LogP contribution in [0.5, 0.6) is 0 Å². The number of rotatable bonds is 44. The van der Waals surface area contributed by atoms with E-state index in [4.69, 9.17) is 45.9 Å². The van der Waals surface area contributed by atoms with Crippen molar-refractivity contribution in [2.24, 2.45) is 50.9 Å². The maximum atomic E-state index is 14.4. The van der Waals surface area contributed by atoms with E-state index in [0.29, 0.717) is 63.7 Å². The molecule has 2 rings (SSSR count). The van der Waals surface area contributed by atoms with Crippen molar-refractivity contribution in [2.75, 3.05) is 58.9 Å². The molecule has 498 valence electrons. The molecule has 29 N–H and O–H groups in total. The number of aliphatic hydroxyl groups is 3. The van der Waals surface area contributed by atoms with E-state index in [9.17, 15) is 63.3 Å². The highest BCUT2D eigenvalue weighted by molar-refractivity contribution is 6.02. The highest BCUT2D eigenvalue weighted by Crippen LogP contribution is 2.21. The number of nitrogens with zero attached hydrogens (tertiary/aromatic N) is 3. The summed E-state index contributed by atoms with van der Waals surface area (Å²) >= 11 is 0. The molecule has 0 aromatic carbocycles. The second-order valence-corrected chi connectivity index (χ2v) is 21.3. The molecule has 1 aromatic rings. The van der Waals surface area contributed by atoms with Crippen molar-refractivity contribution < 1.29 is 63.3 Å². The molecule has 34 nitrogen and oxygen atoms in total. The van der Waals surface area contributed by atoms with Gasteiger partial charge in [0.05, 0.1) is 37.2 Å². The fourth-order valence-corrected chi connectivity index (χ4v) is 9.11. The van der Waals surface area contributed by atoms with Gasteiger partial charge in [-0.25, -0.2) is 4.98 Å². The van der Waals surface area contributed by atoms with E-state index >= 15 is 0 Å². The molecule has 2 heterocycles. The number of nitrogens with two attached hydrogens (primary N) is 8. The molecule has 88 heavy (non-hydrogen) atoms. The summed E-state index contributed by atoms with van der Waals surface area (Å²) in [6.45, 7) is 2.82. The summed E-state index contributed by atoms with van der Waals surface area (Å²) in [4.78, 5) is 150. The summed E-state index contributed by atoms with van der Waals surface area (Å²) in [5, 5.41) is 54.4. The van der Waals surface area contributed by atoms with Crippen LogP contribution in [0.15, 0.2) is 29.3 Å². The summed E-state index contributed by atoms with van der Waals surface area (Å²) in [5.41, 5.74) is 45.2. The van der Waals surface area contributed by atoms with E-state index < -0.39 is 145 Å². The van der Waals surface area contributed by atoms with Crippen LogP contribution in [0, 0.1) is 0 Å². The van der Waals surface area contributed by atoms with Crippen molar-refractivity contribution in [3.63, 3.8) is 0 Å². The Morgan fingerprint density at radius 1 is 0.693 bits per heavy atom. The Bertz CT molecular complexity index is 2420. The van der Waals surface area contributed by atoms with Crippen LogP contribution in [0.25, 0.3) is 0 Å². The summed E-state index contributed by atoms with van der Waals surface area (Å²) < 4.78 is 0. The molecule has 0 spiro atoms. The predicted molar refractivity (Wildman–Crippen MR) is 324 cm³/mol. The smallest absolute Gasteiger partial charge is 0.268 e. The summed E-state index contributed by atoms with van der Waals surface area (Å²) in [6.07, 6.45) is 3.98. The van der Waals surface area contributed by atoms with Gasteiger partial charge in [0.2, 0.25) is 53.2 Å². The van der Waals surface area contributed by atoms with Gasteiger partial charge in [0.15, 0.2) is 5.96 Å². The number of H-pyrrole nitrogens is 1. The van der Waals surface area contributed by atoms with Crippen LogP contribution in [0.4, 0.5) is 0 Å². The molecule has 0 saturated carbocycles. The molecule has 34 heteroatoms. The SMILES string of the molecule is CCCC(NC(=O)C(Cc1cnc[nH]1)NC(=O)C1CCCN1C(=O)C(CCCN)NC(=O)CNC(=O)C(NC(=O)C(NC(=O)C(N)CCCCN)C(O)CN)C(O)CN)C(=O)NC(=CCCN=C(N)N)C(=O)NC(CCC(O)CC)C(=O)NCCCCN. The number of likely N-dealkylation sites (tertiary alicyclic amines) is 1. The molecule has 1 aromatic heterocycles. The van der Waals surface area contributed by atoms with Crippen molar-refractivity contribution in [2.45, 2.75) is 183 Å². The number of aliphatic hydroxyl groups excluding tert-OH is 3. The molecular weight excluding hydrogens is 1150 g/mol. The van der Waals surface area contributed by atoms with Crippen molar-refractivity contribution in [1.29, 1.82) is 0 Å². The lowest BCUT2D eigenvalue weighted by molar-refractivity contribution is -0.142. The number of nitrogens with one attached hydrogen (secondary N) is 10. The first-order valence-corrected chi connectivity index (χ1v) is 30.0. The van der Waals surface area contributed by atoms with Crippen LogP contribution in [-0.4, -0.2) is 221 Å². The van der Waals surface area contributed by atoms with Crippen LogP contribution < -0.4 is 93.7 Å². The Morgan fingerprint density at radius 3 is 1.95 bits per heavy atom. The molecule has 1 saturated heterocycles. The van der Waals surface area contributed by atoms with Crippen molar-refractivity contribution in [3.8, 4) is 0 Å². The number of unbranched alkanes of at least 4 members (excludes halogenated alkanes) is 2. The highest BCUT2D eigenvalue weighted by Gasteiger charge is 2.40. The van der Waals surface area contributed by atoms with Gasteiger partial charge in [-0.1, -0.05) is 32.8 Å². The van der Waals surface area contributed by atoms with Gasteiger partial charge in [0.25, 0.3) is 5.91 Å². The molecule has 11 unspecified atom stereocenters. The fourth-order valence-electron chi connectivity index (χ4n) is 9.11. The van der Waals surface area contributed by atoms with Gasteiger partial charge >= 0.3 is 0 Å². The largest absolute Gasteiger partial charge is 0.393 e. The molecule has 1 aliphatic rings. The minimum absolute atomic E-state index is 0.0103. The number of hydrogen-bond donors (Lipinski definition) is 21.